The van der Waals surface area contributed by atoms with Gasteiger partial charge in [-0.3, -0.25) is 19.5 Å². The lowest BCUT2D eigenvalue weighted by Gasteiger charge is -2.05. The van der Waals surface area contributed by atoms with E-state index in [2.05, 4.69) is 10.2 Å². The SMILES string of the molecule is CC(=O)c1s/c(=N\N=C\C(=O)OCCSc2ccc([N+](=O)[O-])cc2)n(-c2ccccc2)c1C. The molecule has 0 aliphatic rings. The Labute approximate surface area is 197 Å². The van der Waals surface area contributed by atoms with Crippen molar-refractivity contribution in [1.29, 1.82) is 0 Å². The monoisotopic (exact) mass is 484 g/mol. The van der Waals surface area contributed by atoms with Crippen LogP contribution in [-0.4, -0.2) is 39.8 Å². The lowest BCUT2D eigenvalue weighted by Crippen LogP contribution is -2.14. The molecule has 3 rings (SSSR count). The Hall–Kier alpha value is -3.57. The van der Waals surface area contributed by atoms with Crippen molar-refractivity contribution in [2.45, 2.75) is 18.7 Å². The molecule has 11 heteroatoms. The first kappa shape index (κ1) is 24.1. The van der Waals surface area contributed by atoms with E-state index in [1.807, 2.05) is 41.8 Å². The Kier molecular flexibility index (Phi) is 8.28. The second-order valence-corrected chi connectivity index (χ2v) is 8.78. The Morgan fingerprint density at radius 3 is 2.52 bits per heavy atom. The molecule has 1 aromatic heterocycles. The highest BCUT2D eigenvalue weighted by Gasteiger charge is 2.14. The topological polar surface area (TPSA) is 116 Å². The third kappa shape index (κ3) is 6.46. The van der Waals surface area contributed by atoms with E-state index < -0.39 is 10.9 Å². The van der Waals surface area contributed by atoms with Crippen molar-refractivity contribution in [3.8, 4) is 5.69 Å². The van der Waals surface area contributed by atoms with Gasteiger partial charge >= 0.3 is 5.97 Å². The highest BCUT2D eigenvalue weighted by molar-refractivity contribution is 7.99. The molecule has 0 saturated heterocycles. The molecule has 0 aliphatic heterocycles. The summed E-state index contributed by atoms with van der Waals surface area (Å²) in [6.07, 6.45) is 0.981. The maximum absolute atomic E-state index is 12.0. The zero-order valence-corrected chi connectivity index (χ0v) is 19.5. The van der Waals surface area contributed by atoms with E-state index in [0.717, 1.165) is 22.5 Å². The summed E-state index contributed by atoms with van der Waals surface area (Å²) < 4.78 is 6.92. The van der Waals surface area contributed by atoms with Gasteiger partial charge < -0.3 is 4.74 Å². The van der Waals surface area contributed by atoms with E-state index >= 15 is 0 Å². The quantitative estimate of drug-likeness (QED) is 0.0856. The summed E-state index contributed by atoms with van der Waals surface area (Å²) in [5.74, 6) is -0.235. The fraction of sp³-hybridized carbons (Fsp3) is 0.182. The van der Waals surface area contributed by atoms with Crippen LogP contribution in [0.2, 0.25) is 0 Å². The molecule has 0 unspecified atom stereocenters. The molecule has 33 heavy (non-hydrogen) atoms. The largest absolute Gasteiger partial charge is 0.460 e. The summed E-state index contributed by atoms with van der Waals surface area (Å²) in [6, 6.07) is 15.6. The first-order valence-corrected chi connectivity index (χ1v) is 11.6. The molecule has 0 radical (unpaired) electrons. The van der Waals surface area contributed by atoms with E-state index in [-0.39, 0.29) is 18.1 Å². The lowest BCUT2D eigenvalue weighted by molar-refractivity contribution is -0.384. The van der Waals surface area contributed by atoms with Crippen molar-refractivity contribution >= 4 is 46.8 Å². The Balaban J connectivity index is 1.61. The van der Waals surface area contributed by atoms with E-state index in [1.165, 1.54) is 42.2 Å². The van der Waals surface area contributed by atoms with Crippen molar-refractivity contribution in [1.82, 2.24) is 4.57 Å². The second-order valence-electron chi connectivity index (χ2n) is 6.64. The van der Waals surface area contributed by atoms with Crippen molar-refractivity contribution in [2.24, 2.45) is 10.2 Å². The van der Waals surface area contributed by atoms with Gasteiger partial charge in [0.1, 0.15) is 12.8 Å². The van der Waals surface area contributed by atoms with Crippen molar-refractivity contribution in [3.05, 3.63) is 80.1 Å². The highest BCUT2D eigenvalue weighted by atomic mass is 32.2. The number of rotatable bonds is 9. The minimum atomic E-state index is -0.644. The number of ether oxygens (including phenoxy) is 1. The summed E-state index contributed by atoms with van der Waals surface area (Å²) in [5.41, 5.74) is 1.60. The minimum Gasteiger partial charge on any atom is -0.460 e. The zero-order chi connectivity index (χ0) is 23.8. The number of hydrogen-bond donors (Lipinski definition) is 0. The van der Waals surface area contributed by atoms with Crippen LogP contribution in [0.1, 0.15) is 22.3 Å². The van der Waals surface area contributed by atoms with Gasteiger partial charge in [-0.05, 0) is 31.2 Å². The molecule has 0 fully saturated rings. The van der Waals surface area contributed by atoms with Gasteiger partial charge in [0.05, 0.1) is 9.80 Å². The summed E-state index contributed by atoms with van der Waals surface area (Å²) >= 11 is 2.61. The maximum atomic E-state index is 12.0. The van der Waals surface area contributed by atoms with Crippen LogP contribution in [0.15, 0.2) is 69.7 Å². The molecule has 2 aromatic carbocycles. The molecule has 3 aromatic rings. The maximum Gasteiger partial charge on any atom is 0.351 e. The lowest BCUT2D eigenvalue weighted by atomic mass is 10.2. The Morgan fingerprint density at radius 1 is 1.18 bits per heavy atom. The number of nitro groups is 1. The van der Waals surface area contributed by atoms with Crippen LogP contribution in [0.4, 0.5) is 5.69 Å². The van der Waals surface area contributed by atoms with Gasteiger partial charge in [-0.1, -0.05) is 29.5 Å². The van der Waals surface area contributed by atoms with Crippen molar-refractivity contribution < 1.29 is 19.2 Å². The van der Waals surface area contributed by atoms with Gasteiger partial charge in [-0.2, -0.15) is 0 Å². The molecular formula is C22H20N4O5S2. The first-order valence-electron chi connectivity index (χ1n) is 9.76. The summed E-state index contributed by atoms with van der Waals surface area (Å²) in [5, 5.41) is 18.6. The average molecular weight is 485 g/mol. The van der Waals surface area contributed by atoms with Crippen LogP contribution in [0.3, 0.4) is 0 Å². The number of nitrogens with zero attached hydrogens (tertiary/aromatic N) is 4. The molecule has 1 heterocycles. The molecule has 0 spiro atoms. The van der Waals surface area contributed by atoms with E-state index in [4.69, 9.17) is 4.74 Å². The fourth-order valence-corrected chi connectivity index (χ4v) is 4.58. The van der Waals surface area contributed by atoms with E-state index in [9.17, 15) is 19.7 Å². The van der Waals surface area contributed by atoms with Crippen LogP contribution in [0.5, 0.6) is 0 Å². The van der Waals surface area contributed by atoms with Crippen LogP contribution < -0.4 is 4.80 Å². The van der Waals surface area contributed by atoms with E-state index in [0.29, 0.717) is 15.4 Å². The van der Waals surface area contributed by atoms with Gasteiger partial charge in [0, 0.05) is 41.1 Å². The molecule has 9 nitrogen and oxygen atoms in total. The number of esters is 1. The standard InChI is InChI=1S/C22H20N4O5S2/c1-15-21(16(2)27)33-22(25(15)17-6-4-3-5-7-17)24-23-14-20(28)31-12-13-32-19-10-8-18(9-11-19)26(29)30/h3-11,14H,12-13H2,1-2H3/b23-14+,24-22-. The molecule has 0 saturated carbocycles. The van der Waals surface area contributed by atoms with Crippen molar-refractivity contribution in [3.63, 3.8) is 0 Å². The number of carbonyl (C=O) groups excluding carboxylic acids is 2. The number of nitro benzene ring substituents is 1. The van der Waals surface area contributed by atoms with Gasteiger partial charge in [-0.25, -0.2) is 4.79 Å². The zero-order valence-electron chi connectivity index (χ0n) is 17.8. The van der Waals surface area contributed by atoms with E-state index in [1.54, 1.807) is 12.1 Å². The predicted octanol–water partition coefficient (Wildman–Crippen LogP) is 4.18. The molecule has 170 valence electrons. The van der Waals surface area contributed by atoms with Gasteiger partial charge in [-0.15, -0.1) is 22.0 Å². The number of thioether (sulfide) groups is 1. The summed E-state index contributed by atoms with van der Waals surface area (Å²) in [6.45, 7) is 3.47. The summed E-state index contributed by atoms with van der Waals surface area (Å²) in [7, 11) is 0. The number of hydrogen-bond acceptors (Lipinski definition) is 9. The van der Waals surface area contributed by atoms with Crippen LogP contribution in [0.25, 0.3) is 5.69 Å². The molecule has 0 amide bonds. The van der Waals surface area contributed by atoms with Crippen LogP contribution >= 0.6 is 23.1 Å². The number of Topliss-reactive ketones (excluding diaryl/α,β-unsaturated/α-hetero) is 1. The molecule has 0 bridgehead atoms. The summed E-state index contributed by atoms with van der Waals surface area (Å²) in [4.78, 5) is 36.0. The number of carbonyl (C=O) groups is 2. The Bertz CT molecular complexity index is 1250. The number of aromatic nitrogens is 1. The number of para-hydroxylation sites is 1. The molecule has 0 N–H and O–H groups in total. The predicted molar refractivity (Wildman–Crippen MR) is 127 cm³/mol. The van der Waals surface area contributed by atoms with Crippen LogP contribution in [-0.2, 0) is 9.53 Å². The highest BCUT2D eigenvalue weighted by Crippen LogP contribution is 2.21. The number of benzene rings is 2. The number of thiazole rings is 1. The number of ketones is 1. The molecular weight excluding hydrogens is 464 g/mol. The molecule has 0 atom stereocenters. The third-order valence-electron chi connectivity index (χ3n) is 4.33. The number of non-ortho nitro benzene ring substituents is 1. The minimum absolute atomic E-state index is 0.0238. The first-order chi connectivity index (χ1) is 15.9. The fourth-order valence-electron chi connectivity index (χ4n) is 2.86. The average Bonchev–Trinajstić information content (AvgIpc) is 3.14. The van der Waals surface area contributed by atoms with Gasteiger partial charge in [0.2, 0.25) is 4.80 Å². The van der Waals surface area contributed by atoms with Gasteiger partial charge in [0.15, 0.2) is 5.78 Å². The Morgan fingerprint density at radius 2 is 1.88 bits per heavy atom. The third-order valence-corrected chi connectivity index (χ3v) is 6.54. The van der Waals surface area contributed by atoms with Gasteiger partial charge in [0.25, 0.3) is 5.69 Å². The normalized spacial score (nSPS) is 11.6. The smallest absolute Gasteiger partial charge is 0.351 e. The molecule has 0 aliphatic carbocycles. The second kappa shape index (κ2) is 11.3. The van der Waals surface area contributed by atoms with Crippen molar-refractivity contribution in [2.75, 3.05) is 12.4 Å². The van der Waals surface area contributed by atoms with Crippen LogP contribution in [0, 0.1) is 17.0 Å².